The molecule has 1 amide bonds. The minimum absolute atomic E-state index is 0.0639. The predicted molar refractivity (Wildman–Crippen MR) is 149 cm³/mol. The third-order valence-corrected chi connectivity index (χ3v) is 6.15. The third kappa shape index (κ3) is 7.63. The number of rotatable bonds is 10. The van der Waals surface area contributed by atoms with E-state index < -0.39 is 18.0 Å². The Morgan fingerprint density at radius 1 is 0.667 bits per heavy atom. The van der Waals surface area contributed by atoms with Crippen LogP contribution in [0.2, 0.25) is 0 Å². The minimum Gasteiger partial charge on any atom is -0.457 e. The lowest BCUT2D eigenvalue weighted by Gasteiger charge is -2.23. The molecular formula is C32H30N2O5. The number of esters is 2. The van der Waals surface area contributed by atoms with Crippen LogP contribution in [-0.2, 0) is 33.9 Å². The molecule has 0 fully saturated rings. The first kappa shape index (κ1) is 27.3. The first-order chi connectivity index (χ1) is 18.9. The highest BCUT2D eigenvalue weighted by atomic mass is 16.5. The maximum atomic E-state index is 13.2. The largest absolute Gasteiger partial charge is 0.457 e. The third-order valence-electron chi connectivity index (χ3n) is 6.15. The van der Waals surface area contributed by atoms with Crippen LogP contribution in [0.5, 0.6) is 0 Å². The summed E-state index contributed by atoms with van der Waals surface area (Å²) in [5.41, 5.74) is 9.36. The Morgan fingerprint density at radius 3 is 1.51 bits per heavy atom. The van der Waals surface area contributed by atoms with Gasteiger partial charge in [-0.05, 0) is 41.3 Å². The fraction of sp³-hybridized carbons (Fsp3) is 0.156. The number of nitrogens with zero attached hydrogens (tertiary/aromatic N) is 1. The highest BCUT2D eigenvalue weighted by Crippen LogP contribution is 2.22. The van der Waals surface area contributed by atoms with Crippen LogP contribution in [0.1, 0.15) is 37.4 Å². The number of hydrogen-bond donors (Lipinski definition) is 1. The average Bonchev–Trinajstić information content (AvgIpc) is 2.99. The van der Waals surface area contributed by atoms with Gasteiger partial charge in [-0.2, -0.15) is 0 Å². The van der Waals surface area contributed by atoms with E-state index in [1.54, 1.807) is 7.05 Å². The van der Waals surface area contributed by atoms with E-state index in [4.69, 9.17) is 15.2 Å². The van der Waals surface area contributed by atoms with E-state index in [2.05, 4.69) is 0 Å². The number of benzene rings is 4. The molecule has 198 valence electrons. The first-order valence-corrected chi connectivity index (χ1v) is 12.5. The number of carbonyl (C=O) groups excluding carboxylic acids is 3. The topological polar surface area (TPSA) is 98.9 Å². The van der Waals surface area contributed by atoms with Gasteiger partial charge in [-0.1, -0.05) is 91.0 Å². The SMILES string of the molecule is CN(C(=O)[C@@H](N)Cc1ccccc1)c1cc(C(=O)OCc2ccccc2)cc(C(=O)OCc2ccccc2)c1. The second-order valence-electron chi connectivity index (χ2n) is 9.09. The van der Waals surface area contributed by atoms with Crippen molar-refractivity contribution in [2.75, 3.05) is 11.9 Å². The van der Waals surface area contributed by atoms with Crippen molar-refractivity contribution < 1.29 is 23.9 Å². The second kappa shape index (κ2) is 13.2. The van der Waals surface area contributed by atoms with Gasteiger partial charge in [0.25, 0.3) is 0 Å². The van der Waals surface area contributed by atoms with Gasteiger partial charge in [0.2, 0.25) is 5.91 Å². The van der Waals surface area contributed by atoms with Gasteiger partial charge in [0.1, 0.15) is 13.2 Å². The van der Waals surface area contributed by atoms with Crippen molar-refractivity contribution >= 4 is 23.5 Å². The highest BCUT2D eigenvalue weighted by Gasteiger charge is 2.23. The van der Waals surface area contributed by atoms with Gasteiger partial charge in [-0.15, -0.1) is 0 Å². The summed E-state index contributed by atoms with van der Waals surface area (Å²) in [7, 11) is 1.56. The molecule has 0 radical (unpaired) electrons. The molecule has 0 saturated heterocycles. The van der Waals surface area contributed by atoms with Crippen molar-refractivity contribution in [3.63, 3.8) is 0 Å². The van der Waals surface area contributed by atoms with Crippen LogP contribution in [0.4, 0.5) is 5.69 Å². The van der Waals surface area contributed by atoms with Crippen LogP contribution in [0.3, 0.4) is 0 Å². The molecule has 4 aromatic carbocycles. The summed E-state index contributed by atoms with van der Waals surface area (Å²) in [6, 6.07) is 31.6. The van der Waals surface area contributed by atoms with E-state index in [0.29, 0.717) is 12.1 Å². The maximum absolute atomic E-state index is 13.2. The summed E-state index contributed by atoms with van der Waals surface area (Å²) in [5, 5.41) is 0. The number of carbonyl (C=O) groups is 3. The molecule has 7 nitrogen and oxygen atoms in total. The Morgan fingerprint density at radius 2 is 1.08 bits per heavy atom. The molecule has 2 N–H and O–H groups in total. The molecule has 0 aliphatic heterocycles. The standard InChI is InChI=1S/C32H30N2O5/c1-34(30(35)29(33)17-23-11-5-2-6-12-23)28-19-26(31(36)38-21-24-13-7-3-8-14-24)18-27(20-28)32(37)39-22-25-15-9-4-10-16-25/h2-16,18-20,29H,17,21-22,33H2,1H3/t29-/m0/s1. The minimum atomic E-state index is -0.820. The van der Waals surface area contributed by atoms with Gasteiger partial charge < -0.3 is 20.1 Å². The molecule has 0 bridgehead atoms. The average molecular weight is 523 g/mol. The molecule has 7 heteroatoms. The molecule has 1 atom stereocenters. The smallest absolute Gasteiger partial charge is 0.338 e. The van der Waals surface area contributed by atoms with Crippen molar-refractivity contribution in [3.05, 3.63) is 137 Å². The molecule has 0 heterocycles. The van der Waals surface area contributed by atoms with E-state index in [9.17, 15) is 14.4 Å². The molecule has 39 heavy (non-hydrogen) atoms. The van der Waals surface area contributed by atoms with Gasteiger partial charge >= 0.3 is 11.9 Å². The van der Waals surface area contributed by atoms with Gasteiger partial charge in [0.15, 0.2) is 0 Å². The Hall–Kier alpha value is -4.75. The number of likely N-dealkylation sites (N-methyl/N-ethyl adjacent to an activating group) is 1. The molecule has 0 aliphatic carbocycles. The summed E-state index contributed by atoms with van der Waals surface area (Å²) in [4.78, 5) is 40.5. The van der Waals surface area contributed by atoms with Crippen molar-refractivity contribution in [3.8, 4) is 0 Å². The summed E-state index contributed by atoms with van der Waals surface area (Å²) >= 11 is 0. The van der Waals surface area contributed by atoms with E-state index in [1.807, 2.05) is 91.0 Å². The van der Waals surface area contributed by atoms with E-state index in [1.165, 1.54) is 23.1 Å². The molecule has 4 aromatic rings. The predicted octanol–water partition coefficient (Wildman–Crippen LogP) is 4.93. The van der Waals surface area contributed by atoms with Crippen LogP contribution in [0, 0.1) is 0 Å². The van der Waals surface area contributed by atoms with Crippen molar-refractivity contribution in [1.82, 2.24) is 0 Å². The number of hydrogen-bond acceptors (Lipinski definition) is 6. The fourth-order valence-electron chi connectivity index (χ4n) is 3.98. The van der Waals surface area contributed by atoms with Crippen molar-refractivity contribution in [1.29, 1.82) is 0 Å². The molecule has 0 spiro atoms. The molecule has 0 unspecified atom stereocenters. The van der Waals surface area contributed by atoms with Crippen LogP contribution >= 0.6 is 0 Å². The Bertz CT molecular complexity index is 1330. The van der Waals surface area contributed by atoms with Crippen molar-refractivity contribution in [2.45, 2.75) is 25.7 Å². The number of ether oxygens (including phenoxy) is 2. The quantitative estimate of drug-likeness (QED) is 0.297. The number of amides is 1. The van der Waals surface area contributed by atoms with Crippen LogP contribution < -0.4 is 10.6 Å². The highest BCUT2D eigenvalue weighted by molar-refractivity contribution is 6.01. The Kier molecular flexibility index (Phi) is 9.21. The lowest BCUT2D eigenvalue weighted by molar-refractivity contribution is -0.119. The monoisotopic (exact) mass is 522 g/mol. The van der Waals surface area contributed by atoms with E-state index in [0.717, 1.165) is 16.7 Å². The van der Waals surface area contributed by atoms with Crippen LogP contribution in [0.25, 0.3) is 0 Å². The summed E-state index contributed by atoms with van der Waals surface area (Å²) in [6.45, 7) is 0.128. The summed E-state index contributed by atoms with van der Waals surface area (Å²) in [5.74, 6) is -1.63. The molecule has 4 rings (SSSR count). The van der Waals surface area contributed by atoms with Gasteiger partial charge in [-0.25, -0.2) is 9.59 Å². The van der Waals surface area contributed by atoms with Gasteiger partial charge in [0, 0.05) is 12.7 Å². The zero-order valence-electron chi connectivity index (χ0n) is 21.7. The number of nitrogens with two attached hydrogens (primary N) is 1. The van der Waals surface area contributed by atoms with Gasteiger partial charge in [0.05, 0.1) is 17.2 Å². The Labute approximate surface area is 227 Å². The zero-order valence-corrected chi connectivity index (χ0v) is 21.7. The molecule has 0 saturated carbocycles. The summed E-state index contributed by atoms with van der Waals surface area (Å²) < 4.78 is 11.0. The van der Waals surface area contributed by atoms with Crippen LogP contribution in [0.15, 0.2) is 109 Å². The van der Waals surface area contributed by atoms with Gasteiger partial charge in [-0.3, -0.25) is 4.79 Å². The summed E-state index contributed by atoms with van der Waals surface area (Å²) in [6.07, 6.45) is 0.342. The lowest BCUT2D eigenvalue weighted by Crippen LogP contribution is -2.43. The normalized spacial score (nSPS) is 11.3. The zero-order chi connectivity index (χ0) is 27.6. The fourth-order valence-corrected chi connectivity index (χ4v) is 3.98. The maximum Gasteiger partial charge on any atom is 0.338 e. The van der Waals surface area contributed by atoms with Crippen molar-refractivity contribution in [2.24, 2.45) is 5.73 Å². The Balaban J connectivity index is 1.56. The molecular weight excluding hydrogens is 492 g/mol. The second-order valence-corrected chi connectivity index (χ2v) is 9.09. The molecule has 0 aliphatic rings. The molecule has 0 aromatic heterocycles. The lowest BCUT2D eigenvalue weighted by atomic mass is 10.0. The first-order valence-electron chi connectivity index (χ1n) is 12.5. The van der Waals surface area contributed by atoms with Crippen LogP contribution in [-0.4, -0.2) is 30.9 Å². The number of anilines is 1. The van der Waals surface area contributed by atoms with E-state index >= 15 is 0 Å². The van der Waals surface area contributed by atoms with E-state index in [-0.39, 0.29) is 30.2 Å².